The van der Waals surface area contributed by atoms with Crippen molar-refractivity contribution >= 4 is 0 Å². The number of nitrogens with one attached hydrogen (secondary N) is 1. The Labute approximate surface area is 156 Å². The highest BCUT2D eigenvalue weighted by atomic mass is 16.7. The van der Waals surface area contributed by atoms with Crippen molar-refractivity contribution in [3.8, 4) is 0 Å². The first-order valence-corrected chi connectivity index (χ1v) is 9.12. The lowest BCUT2D eigenvalue weighted by molar-refractivity contribution is -0.370. The van der Waals surface area contributed by atoms with Crippen LogP contribution in [0, 0.1) is 5.92 Å². The van der Waals surface area contributed by atoms with Gasteiger partial charge in [0.15, 0.2) is 12.6 Å². The van der Waals surface area contributed by atoms with E-state index in [9.17, 15) is 30.6 Å². The van der Waals surface area contributed by atoms with Crippen LogP contribution in [0.4, 0.5) is 0 Å². The van der Waals surface area contributed by atoms with Gasteiger partial charge < -0.3 is 54.9 Å². The number of fused-ring (bicyclic) bond motifs is 1. The van der Waals surface area contributed by atoms with Crippen LogP contribution in [0.5, 0.6) is 0 Å². The third-order valence-electron chi connectivity index (χ3n) is 5.43. The largest absolute Gasteiger partial charge is 0.394 e. The van der Waals surface area contributed by atoms with Gasteiger partial charge in [-0.2, -0.15) is 0 Å². The van der Waals surface area contributed by atoms with Gasteiger partial charge in [-0.1, -0.05) is 0 Å². The molecule has 1 saturated carbocycles. The normalized spacial score (nSPS) is 50.1. The molecule has 0 bridgehead atoms. The molecular weight excluding hydrogens is 366 g/mol. The first-order valence-electron chi connectivity index (χ1n) is 9.12. The molecule has 0 aromatic rings. The number of aliphatic hydroxyl groups is 6. The van der Waals surface area contributed by atoms with Crippen molar-refractivity contribution < 1.29 is 49.6 Å². The van der Waals surface area contributed by atoms with Gasteiger partial charge in [-0.15, -0.1) is 0 Å². The Hall–Kier alpha value is -0.440. The SMILES string of the molecule is CNCCO[C@@H]1OC(CO)[C@@H](O[C@@H]2OC3CC(O)[C@@H]3[C@H](O)C2O)[C@H](O)C1O. The summed E-state index contributed by atoms with van der Waals surface area (Å²) in [6.45, 7) is 0.188. The number of likely N-dealkylation sites (N-methyl/N-ethyl adjacent to an activating group) is 1. The number of hydrogen-bond donors (Lipinski definition) is 7. The minimum atomic E-state index is -1.48. The Bertz CT molecular complexity index is 482. The first kappa shape index (κ1) is 21.3. The van der Waals surface area contributed by atoms with Crippen LogP contribution in [-0.2, 0) is 18.9 Å². The molecule has 0 spiro atoms. The Morgan fingerprint density at radius 2 is 1.67 bits per heavy atom. The average molecular weight is 395 g/mol. The number of ether oxygens (including phenoxy) is 4. The van der Waals surface area contributed by atoms with Crippen LogP contribution in [0.1, 0.15) is 6.42 Å². The highest BCUT2D eigenvalue weighted by Crippen LogP contribution is 2.41. The van der Waals surface area contributed by atoms with Crippen LogP contribution < -0.4 is 5.32 Å². The highest BCUT2D eigenvalue weighted by Gasteiger charge is 2.56. The maximum absolute atomic E-state index is 10.4. The molecule has 0 aromatic heterocycles. The maximum Gasteiger partial charge on any atom is 0.186 e. The molecule has 3 aliphatic rings. The zero-order valence-corrected chi connectivity index (χ0v) is 15.0. The second-order valence-electron chi connectivity index (χ2n) is 7.19. The molecule has 2 saturated heterocycles. The molecule has 3 fully saturated rings. The molecule has 11 heteroatoms. The van der Waals surface area contributed by atoms with Gasteiger partial charge in [0.25, 0.3) is 0 Å². The van der Waals surface area contributed by atoms with Gasteiger partial charge in [0.2, 0.25) is 0 Å². The second-order valence-corrected chi connectivity index (χ2v) is 7.19. The van der Waals surface area contributed by atoms with Gasteiger partial charge in [0.1, 0.15) is 30.5 Å². The summed E-state index contributed by atoms with van der Waals surface area (Å²) in [6, 6.07) is 0. The lowest BCUT2D eigenvalue weighted by atomic mass is 9.71. The van der Waals surface area contributed by atoms with Crippen LogP contribution in [0.25, 0.3) is 0 Å². The quantitative estimate of drug-likeness (QED) is 0.209. The summed E-state index contributed by atoms with van der Waals surface area (Å²) in [7, 11) is 1.73. The predicted molar refractivity (Wildman–Crippen MR) is 87.3 cm³/mol. The van der Waals surface area contributed by atoms with Crippen molar-refractivity contribution in [2.75, 3.05) is 26.8 Å². The molecule has 11 nitrogen and oxygen atoms in total. The fraction of sp³-hybridized carbons (Fsp3) is 1.00. The Morgan fingerprint density at radius 1 is 0.963 bits per heavy atom. The van der Waals surface area contributed by atoms with Crippen molar-refractivity contribution in [2.24, 2.45) is 5.92 Å². The lowest BCUT2D eigenvalue weighted by Gasteiger charge is -2.52. The summed E-state index contributed by atoms with van der Waals surface area (Å²) < 4.78 is 22.0. The molecule has 158 valence electrons. The molecule has 5 unspecified atom stereocenters. The van der Waals surface area contributed by atoms with Crippen molar-refractivity contribution in [3.05, 3.63) is 0 Å². The van der Waals surface area contributed by atoms with E-state index < -0.39 is 73.9 Å². The van der Waals surface area contributed by atoms with E-state index in [0.29, 0.717) is 13.0 Å². The monoisotopic (exact) mass is 395 g/mol. The van der Waals surface area contributed by atoms with Gasteiger partial charge in [0, 0.05) is 18.9 Å². The van der Waals surface area contributed by atoms with Gasteiger partial charge in [0.05, 0.1) is 31.5 Å². The summed E-state index contributed by atoms with van der Waals surface area (Å²) in [5.74, 6) is -0.600. The van der Waals surface area contributed by atoms with Crippen LogP contribution in [0.3, 0.4) is 0 Å². The van der Waals surface area contributed by atoms with E-state index >= 15 is 0 Å². The van der Waals surface area contributed by atoms with Crippen molar-refractivity contribution in [1.29, 1.82) is 0 Å². The van der Waals surface area contributed by atoms with Crippen LogP contribution in [0.15, 0.2) is 0 Å². The molecule has 1 aliphatic carbocycles. The third kappa shape index (κ3) is 4.14. The van der Waals surface area contributed by atoms with Gasteiger partial charge >= 0.3 is 0 Å². The highest BCUT2D eigenvalue weighted by molar-refractivity contribution is 5.02. The summed E-state index contributed by atoms with van der Waals surface area (Å²) in [5, 5.41) is 63.2. The van der Waals surface area contributed by atoms with E-state index in [1.807, 2.05) is 0 Å². The van der Waals surface area contributed by atoms with E-state index in [1.54, 1.807) is 7.05 Å². The molecule has 11 atom stereocenters. The number of aliphatic hydroxyl groups excluding tert-OH is 6. The van der Waals surface area contributed by atoms with Gasteiger partial charge in [-0.05, 0) is 7.05 Å². The average Bonchev–Trinajstić information content (AvgIpc) is 2.64. The second kappa shape index (κ2) is 8.93. The Kier molecular flexibility index (Phi) is 7.03. The zero-order chi connectivity index (χ0) is 19.7. The zero-order valence-electron chi connectivity index (χ0n) is 15.0. The molecule has 0 aromatic carbocycles. The fourth-order valence-electron chi connectivity index (χ4n) is 3.74. The number of rotatable bonds is 7. The van der Waals surface area contributed by atoms with Crippen molar-refractivity contribution in [2.45, 2.75) is 67.8 Å². The molecular formula is C16H29NO10. The standard InChI is InChI=1S/C16H29NO10/c1-17-2-3-24-15-13(23)11(21)14(8(5-18)26-15)27-16-12(22)10(20)9-6(19)4-7(9)25-16/h6-23H,2-5H2,1H3/t6?,7?,8?,9-,10-,11+,12?,13?,14+,15+,16-/m0/s1. The first-order chi connectivity index (χ1) is 12.9. The molecule has 27 heavy (non-hydrogen) atoms. The Morgan fingerprint density at radius 3 is 2.30 bits per heavy atom. The molecule has 0 radical (unpaired) electrons. The minimum Gasteiger partial charge on any atom is -0.394 e. The predicted octanol–water partition coefficient (Wildman–Crippen LogP) is -4.13. The topological polar surface area (TPSA) is 170 Å². The summed E-state index contributed by atoms with van der Waals surface area (Å²) in [5.41, 5.74) is 0. The summed E-state index contributed by atoms with van der Waals surface area (Å²) in [6.07, 6.45) is -11.3. The summed E-state index contributed by atoms with van der Waals surface area (Å²) in [4.78, 5) is 0. The van der Waals surface area contributed by atoms with Crippen molar-refractivity contribution in [1.82, 2.24) is 5.32 Å². The van der Waals surface area contributed by atoms with Gasteiger partial charge in [-0.25, -0.2) is 0 Å². The van der Waals surface area contributed by atoms with E-state index in [0.717, 1.165) is 0 Å². The summed E-state index contributed by atoms with van der Waals surface area (Å²) >= 11 is 0. The molecule has 2 aliphatic heterocycles. The number of hydrogen-bond acceptors (Lipinski definition) is 11. The maximum atomic E-state index is 10.4. The van der Waals surface area contributed by atoms with Crippen molar-refractivity contribution in [3.63, 3.8) is 0 Å². The Balaban J connectivity index is 1.63. The molecule has 7 N–H and O–H groups in total. The van der Waals surface area contributed by atoms with E-state index in [-0.39, 0.29) is 6.61 Å². The van der Waals surface area contributed by atoms with Crippen LogP contribution in [0.2, 0.25) is 0 Å². The van der Waals surface area contributed by atoms with E-state index in [4.69, 9.17) is 18.9 Å². The van der Waals surface area contributed by atoms with E-state index in [2.05, 4.69) is 5.32 Å². The smallest absolute Gasteiger partial charge is 0.186 e. The van der Waals surface area contributed by atoms with E-state index in [1.165, 1.54) is 0 Å². The molecule has 3 rings (SSSR count). The minimum absolute atomic E-state index is 0.219. The van der Waals surface area contributed by atoms with Gasteiger partial charge in [-0.3, -0.25) is 0 Å². The van der Waals surface area contributed by atoms with Crippen LogP contribution in [-0.4, -0.2) is 119 Å². The third-order valence-corrected chi connectivity index (χ3v) is 5.43. The lowest BCUT2D eigenvalue weighted by Crippen LogP contribution is -2.67. The molecule has 0 amide bonds. The fourth-order valence-corrected chi connectivity index (χ4v) is 3.74. The van der Waals surface area contributed by atoms with Crippen LogP contribution >= 0.6 is 0 Å². The molecule has 2 heterocycles.